The molecule has 0 bridgehead atoms. The minimum absolute atomic E-state index is 0.108. The van der Waals surface area contributed by atoms with E-state index in [2.05, 4.69) is 16.5 Å². The Kier molecular flexibility index (Phi) is 4.90. The molecule has 1 atom stereocenters. The number of amides is 1. The number of pyridine rings is 1. The molecule has 7 heteroatoms. The highest BCUT2D eigenvalue weighted by molar-refractivity contribution is 5.95. The number of ether oxygens (including phenoxy) is 1. The quantitative estimate of drug-likeness (QED) is 0.704. The van der Waals surface area contributed by atoms with E-state index in [1.54, 1.807) is 0 Å². The molecule has 1 N–H and O–H groups in total. The van der Waals surface area contributed by atoms with Crippen molar-refractivity contribution in [3.05, 3.63) is 58.4 Å². The van der Waals surface area contributed by atoms with Crippen LogP contribution in [-0.4, -0.2) is 39.9 Å². The molecule has 7 nitrogen and oxygen atoms in total. The first-order valence-corrected chi connectivity index (χ1v) is 10.6. The molecule has 3 aromatic heterocycles. The summed E-state index contributed by atoms with van der Waals surface area (Å²) in [5, 5.41) is 7.79. The van der Waals surface area contributed by atoms with E-state index in [1.165, 1.54) is 5.56 Å². The van der Waals surface area contributed by atoms with Crippen LogP contribution in [0.15, 0.2) is 28.8 Å². The van der Waals surface area contributed by atoms with Crippen LogP contribution >= 0.6 is 0 Å². The van der Waals surface area contributed by atoms with E-state index in [9.17, 15) is 4.79 Å². The average molecular weight is 406 g/mol. The molecule has 4 heterocycles. The molecule has 0 spiro atoms. The zero-order chi connectivity index (χ0) is 20.7. The van der Waals surface area contributed by atoms with E-state index >= 15 is 0 Å². The number of fused-ring (bicyclic) bond motifs is 3. The van der Waals surface area contributed by atoms with Gasteiger partial charge in [0.15, 0.2) is 5.76 Å². The van der Waals surface area contributed by atoms with Gasteiger partial charge in [0.05, 0.1) is 24.0 Å². The van der Waals surface area contributed by atoms with Crippen LogP contribution < -0.4 is 5.32 Å². The lowest BCUT2D eigenvalue weighted by molar-refractivity contribution is 0.0833. The lowest BCUT2D eigenvalue weighted by atomic mass is 9.93. The highest BCUT2D eigenvalue weighted by Crippen LogP contribution is 2.38. The molecular weight excluding hydrogens is 380 g/mol. The monoisotopic (exact) mass is 406 g/mol. The van der Waals surface area contributed by atoms with Gasteiger partial charge in [0.1, 0.15) is 5.76 Å². The summed E-state index contributed by atoms with van der Waals surface area (Å²) in [6, 6.07) is 6.02. The van der Waals surface area contributed by atoms with Gasteiger partial charge in [-0.15, -0.1) is 0 Å². The van der Waals surface area contributed by atoms with Gasteiger partial charge in [-0.25, -0.2) is 0 Å². The van der Waals surface area contributed by atoms with Crippen molar-refractivity contribution in [2.24, 2.45) is 0 Å². The second-order valence-electron chi connectivity index (χ2n) is 8.17. The lowest BCUT2D eigenvalue weighted by Gasteiger charge is -2.10. The van der Waals surface area contributed by atoms with E-state index in [4.69, 9.17) is 14.3 Å². The van der Waals surface area contributed by atoms with Crippen LogP contribution in [0.5, 0.6) is 0 Å². The molecule has 1 aliphatic heterocycles. The first-order chi connectivity index (χ1) is 14.6. The first kappa shape index (κ1) is 19.1. The molecule has 1 amide bonds. The summed E-state index contributed by atoms with van der Waals surface area (Å²) in [7, 11) is 0. The third-order valence-corrected chi connectivity index (χ3v) is 5.91. The SMILES string of the molecule is Cc1cccc(Cn2cc3c(n2)-c2c(oc(C(=O)NC[C@@H]4CCCO4)c2C)CC3)n1. The molecule has 0 unspecified atom stereocenters. The highest BCUT2D eigenvalue weighted by Gasteiger charge is 2.30. The van der Waals surface area contributed by atoms with Gasteiger partial charge in [-0.1, -0.05) is 6.07 Å². The predicted molar refractivity (Wildman–Crippen MR) is 111 cm³/mol. The van der Waals surface area contributed by atoms with Crippen LogP contribution in [0.1, 0.15) is 51.7 Å². The smallest absolute Gasteiger partial charge is 0.287 e. The van der Waals surface area contributed by atoms with Gasteiger partial charge in [0.2, 0.25) is 0 Å². The van der Waals surface area contributed by atoms with Gasteiger partial charge in [0.25, 0.3) is 5.91 Å². The zero-order valence-corrected chi connectivity index (χ0v) is 17.4. The summed E-state index contributed by atoms with van der Waals surface area (Å²) in [5.74, 6) is 1.06. The second kappa shape index (κ2) is 7.72. The number of furan rings is 1. The van der Waals surface area contributed by atoms with Crippen molar-refractivity contribution in [2.75, 3.05) is 13.2 Å². The van der Waals surface area contributed by atoms with Crippen molar-refractivity contribution in [1.29, 1.82) is 0 Å². The maximum Gasteiger partial charge on any atom is 0.287 e. The maximum atomic E-state index is 12.7. The van der Waals surface area contributed by atoms with Crippen LogP contribution in [0, 0.1) is 13.8 Å². The van der Waals surface area contributed by atoms with E-state index in [-0.39, 0.29) is 12.0 Å². The van der Waals surface area contributed by atoms with Gasteiger partial charge in [-0.2, -0.15) is 5.10 Å². The Balaban J connectivity index is 1.38. The lowest BCUT2D eigenvalue weighted by Crippen LogP contribution is -2.31. The molecule has 1 aliphatic carbocycles. The van der Waals surface area contributed by atoms with Crippen molar-refractivity contribution < 1.29 is 13.9 Å². The molecule has 5 rings (SSSR count). The van der Waals surface area contributed by atoms with Crippen molar-refractivity contribution in [2.45, 2.75) is 52.2 Å². The summed E-state index contributed by atoms with van der Waals surface area (Å²) < 4.78 is 13.5. The van der Waals surface area contributed by atoms with Crippen LogP contribution in [0.25, 0.3) is 11.3 Å². The normalized spacial score (nSPS) is 17.6. The summed E-state index contributed by atoms with van der Waals surface area (Å²) in [6.45, 7) is 5.85. The Morgan fingerprint density at radius 2 is 2.20 bits per heavy atom. The molecule has 1 fully saturated rings. The molecule has 0 radical (unpaired) electrons. The minimum atomic E-state index is -0.178. The number of nitrogens with one attached hydrogen (secondary N) is 1. The van der Waals surface area contributed by atoms with E-state index in [0.29, 0.717) is 18.8 Å². The van der Waals surface area contributed by atoms with Crippen LogP contribution in [0.2, 0.25) is 0 Å². The van der Waals surface area contributed by atoms with Gasteiger partial charge in [-0.3, -0.25) is 14.5 Å². The number of carbonyl (C=O) groups is 1. The Bertz CT molecular complexity index is 1090. The maximum absolute atomic E-state index is 12.7. The molecular formula is C23H26N4O3. The van der Waals surface area contributed by atoms with Gasteiger partial charge >= 0.3 is 0 Å². The Labute approximate surface area is 175 Å². The number of aromatic nitrogens is 3. The Morgan fingerprint density at radius 1 is 1.30 bits per heavy atom. The predicted octanol–water partition coefficient (Wildman–Crippen LogP) is 3.21. The van der Waals surface area contributed by atoms with Gasteiger partial charge < -0.3 is 14.5 Å². The van der Waals surface area contributed by atoms with Crippen molar-refractivity contribution in [3.8, 4) is 11.3 Å². The van der Waals surface area contributed by atoms with E-state index < -0.39 is 0 Å². The molecule has 30 heavy (non-hydrogen) atoms. The summed E-state index contributed by atoms with van der Waals surface area (Å²) in [5.41, 5.74) is 5.90. The zero-order valence-electron chi connectivity index (χ0n) is 17.4. The molecule has 0 saturated carbocycles. The fourth-order valence-electron chi connectivity index (χ4n) is 4.41. The molecule has 3 aromatic rings. The summed E-state index contributed by atoms with van der Waals surface area (Å²) >= 11 is 0. The van der Waals surface area contributed by atoms with Crippen molar-refractivity contribution in [3.63, 3.8) is 0 Å². The van der Waals surface area contributed by atoms with E-state index in [1.807, 2.05) is 36.7 Å². The Morgan fingerprint density at radius 3 is 3.00 bits per heavy atom. The molecule has 1 saturated heterocycles. The van der Waals surface area contributed by atoms with Gasteiger partial charge in [-0.05, 0) is 50.8 Å². The largest absolute Gasteiger partial charge is 0.455 e. The van der Waals surface area contributed by atoms with E-state index in [0.717, 1.165) is 66.3 Å². The number of hydrogen-bond acceptors (Lipinski definition) is 5. The fraction of sp³-hybridized carbons (Fsp3) is 0.435. The first-order valence-electron chi connectivity index (χ1n) is 10.6. The van der Waals surface area contributed by atoms with Crippen molar-refractivity contribution in [1.82, 2.24) is 20.1 Å². The summed E-state index contributed by atoms with van der Waals surface area (Å²) in [4.78, 5) is 17.3. The molecule has 0 aromatic carbocycles. The number of hydrogen-bond donors (Lipinski definition) is 1. The average Bonchev–Trinajstić information content (AvgIpc) is 3.44. The third-order valence-electron chi connectivity index (χ3n) is 5.91. The number of carbonyl (C=O) groups excluding carboxylic acids is 1. The fourth-order valence-corrected chi connectivity index (χ4v) is 4.41. The van der Waals surface area contributed by atoms with Crippen LogP contribution in [-0.2, 0) is 24.1 Å². The standard InChI is InChI=1S/C23H26N4O3/c1-14-5-3-6-17(25-14)13-27-12-16-8-9-19-20(21(16)26-27)15(2)22(30-19)23(28)24-11-18-7-4-10-29-18/h3,5-6,12,18H,4,7-11,13H2,1-2H3,(H,24,28)/t18-/m0/s1. The molecule has 156 valence electrons. The second-order valence-corrected chi connectivity index (χ2v) is 8.17. The molecule has 2 aliphatic rings. The Hall–Kier alpha value is -2.93. The number of aryl methyl sites for hydroxylation is 3. The third kappa shape index (κ3) is 3.54. The minimum Gasteiger partial charge on any atom is -0.455 e. The topological polar surface area (TPSA) is 82.2 Å². The van der Waals surface area contributed by atoms with Crippen LogP contribution in [0.3, 0.4) is 0 Å². The summed E-state index contributed by atoms with van der Waals surface area (Å²) in [6.07, 6.45) is 5.87. The highest BCUT2D eigenvalue weighted by atomic mass is 16.5. The van der Waals surface area contributed by atoms with Crippen molar-refractivity contribution >= 4 is 5.91 Å². The number of rotatable bonds is 5. The van der Waals surface area contributed by atoms with Gasteiger partial charge in [0, 0.05) is 42.6 Å². The number of nitrogens with zero attached hydrogens (tertiary/aromatic N) is 3. The van der Waals surface area contributed by atoms with Crippen LogP contribution in [0.4, 0.5) is 0 Å².